The van der Waals surface area contributed by atoms with Crippen LogP contribution in [0.4, 0.5) is 0 Å². The van der Waals surface area contributed by atoms with Gasteiger partial charge in [0.2, 0.25) is 5.79 Å². The molecule has 6 fully saturated rings. The molecule has 2 bridgehead atoms. The second-order valence-corrected chi connectivity index (χ2v) is 13.4. The van der Waals surface area contributed by atoms with Gasteiger partial charge in [-0.3, -0.25) is 9.80 Å². The molecule has 1 aliphatic carbocycles. The molecule has 2 aromatic rings. The van der Waals surface area contributed by atoms with Gasteiger partial charge in [-0.15, -0.1) is 0 Å². The topological polar surface area (TPSA) is 52.6 Å². The van der Waals surface area contributed by atoms with Crippen molar-refractivity contribution in [2.75, 3.05) is 26.2 Å². The van der Waals surface area contributed by atoms with Crippen molar-refractivity contribution in [1.82, 2.24) is 9.80 Å². The van der Waals surface area contributed by atoms with Crippen LogP contribution in [0.25, 0.3) is 0 Å². The molecule has 8 atom stereocenters. The summed E-state index contributed by atoms with van der Waals surface area (Å²) < 4.78 is 19.5. The fourth-order valence-electron chi connectivity index (χ4n) is 8.19. The van der Waals surface area contributed by atoms with Gasteiger partial charge in [0.25, 0.3) is 0 Å². The van der Waals surface area contributed by atoms with Gasteiger partial charge in [0.1, 0.15) is 0 Å². The fourth-order valence-corrected chi connectivity index (χ4v) is 8.19. The first-order chi connectivity index (χ1) is 19.9. The summed E-state index contributed by atoms with van der Waals surface area (Å²) in [7, 11) is 0. The Morgan fingerprint density at radius 1 is 0.780 bits per heavy atom. The minimum Gasteiger partial charge on any atom is -0.348 e. The lowest BCUT2D eigenvalue weighted by atomic mass is 9.58. The third kappa shape index (κ3) is 5.40. The molecule has 1 spiro atoms. The Hall–Kier alpha value is -1.84. The van der Waals surface area contributed by atoms with Gasteiger partial charge >= 0.3 is 0 Å². The highest BCUT2D eigenvalue weighted by Crippen LogP contribution is 2.60. The highest BCUT2D eigenvalue weighted by atomic mass is 17.3. The van der Waals surface area contributed by atoms with Gasteiger partial charge in [0.05, 0.1) is 6.61 Å². The molecule has 0 aromatic heterocycles. The summed E-state index contributed by atoms with van der Waals surface area (Å²) in [6.45, 7) is 13.6. The molecule has 41 heavy (non-hydrogen) atoms. The fraction of sp³-hybridized carbons (Fsp3) is 0.647. The van der Waals surface area contributed by atoms with Gasteiger partial charge in [-0.05, 0) is 54.7 Å². The number of piperazine rings is 1. The number of rotatable bonds is 7. The molecule has 5 saturated heterocycles. The van der Waals surface area contributed by atoms with Crippen LogP contribution < -0.4 is 0 Å². The average molecular weight is 563 g/mol. The molecule has 0 N–H and O–H groups in total. The second-order valence-electron chi connectivity index (χ2n) is 13.4. The molecule has 5 aliphatic heterocycles. The van der Waals surface area contributed by atoms with E-state index >= 15 is 0 Å². The number of hydrogen-bond donors (Lipinski definition) is 0. The van der Waals surface area contributed by atoms with Gasteiger partial charge in [-0.1, -0.05) is 68.4 Å². The molecule has 8 rings (SSSR count). The lowest BCUT2D eigenvalue weighted by molar-refractivity contribution is -0.577. The van der Waals surface area contributed by atoms with Crippen LogP contribution in [-0.2, 0) is 43.7 Å². The van der Waals surface area contributed by atoms with Crippen molar-refractivity contribution in [3.8, 4) is 0 Å². The Labute approximate surface area is 245 Å². The normalized spacial score (nSPS) is 39.3. The number of fused-ring (bicyclic) bond motifs is 2. The van der Waals surface area contributed by atoms with Gasteiger partial charge in [-0.25, -0.2) is 9.78 Å². The Morgan fingerprint density at radius 2 is 1.44 bits per heavy atom. The van der Waals surface area contributed by atoms with Crippen LogP contribution in [0, 0.1) is 23.7 Å². The maximum absolute atomic E-state index is 6.59. The third-order valence-electron chi connectivity index (χ3n) is 10.7. The zero-order valence-electron chi connectivity index (χ0n) is 24.9. The molecular weight excluding hydrogens is 516 g/mol. The molecule has 7 heteroatoms. The van der Waals surface area contributed by atoms with E-state index in [4.69, 9.17) is 24.0 Å². The van der Waals surface area contributed by atoms with Crippen molar-refractivity contribution in [3.05, 3.63) is 71.3 Å². The lowest BCUT2D eigenvalue weighted by Gasteiger charge is -2.60. The predicted molar refractivity (Wildman–Crippen MR) is 155 cm³/mol. The molecule has 0 unspecified atom stereocenters. The van der Waals surface area contributed by atoms with Crippen LogP contribution >= 0.6 is 0 Å². The highest BCUT2D eigenvalue weighted by Gasteiger charge is 2.69. The van der Waals surface area contributed by atoms with Crippen LogP contribution in [0.3, 0.4) is 0 Å². The summed E-state index contributed by atoms with van der Waals surface area (Å²) in [6, 6.07) is 19.7. The zero-order valence-corrected chi connectivity index (χ0v) is 24.9. The van der Waals surface area contributed by atoms with Crippen molar-refractivity contribution < 1.29 is 24.0 Å². The SMILES string of the molecule is C[C@H]1[C@@H](OCc2ccc(CN3CCN(Cc4ccccc4)CC3)cc2)O[C@@H]2O[C@]3(C)CC[C@H]4[C@H](C)CC[C@@H]1[C@@]24OO3. The molecule has 7 nitrogen and oxygen atoms in total. The van der Waals surface area contributed by atoms with Gasteiger partial charge in [0.15, 0.2) is 18.2 Å². The summed E-state index contributed by atoms with van der Waals surface area (Å²) in [4.78, 5) is 17.3. The minimum absolute atomic E-state index is 0.190. The van der Waals surface area contributed by atoms with E-state index in [0.29, 0.717) is 18.4 Å². The first kappa shape index (κ1) is 28.0. The van der Waals surface area contributed by atoms with E-state index in [1.54, 1.807) is 0 Å². The monoisotopic (exact) mass is 562 g/mol. The Morgan fingerprint density at radius 3 is 2.15 bits per heavy atom. The molecule has 222 valence electrons. The van der Waals surface area contributed by atoms with Crippen molar-refractivity contribution in [3.63, 3.8) is 0 Å². The first-order valence-electron chi connectivity index (χ1n) is 15.8. The molecule has 2 aromatic carbocycles. The van der Waals surface area contributed by atoms with E-state index in [0.717, 1.165) is 58.5 Å². The molecule has 5 heterocycles. The van der Waals surface area contributed by atoms with E-state index in [2.05, 4.69) is 78.2 Å². The predicted octanol–water partition coefficient (Wildman–Crippen LogP) is 5.73. The summed E-state index contributed by atoms with van der Waals surface area (Å²) >= 11 is 0. The highest BCUT2D eigenvalue weighted by molar-refractivity contribution is 5.22. The Bertz CT molecular complexity index is 1170. The number of hydrogen-bond acceptors (Lipinski definition) is 7. The van der Waals surface area contributed by atoms with E-state index in [1.807, 2.05) is 6.92 Å². The van der Waals surface area contributed by atoms with Crippen LogP contribution in [-0.4, -0.2) is 59.9 Å². The summed E-state index contributed by atoms with van der Waals surface area (Å²) in [5, 5.41) is 0. The third-order valence-corrected chi connectivity index (χ3v) is 10.7. The van der Waals surface area contributed by atoms with Crippen LogP contribution in [0.15, 0.2) is 54.6 Å². The first-order valence-corrected chi connectivity index (χ1v) is 15.8. The molecule has 0 amide bonds. The van der Waals surface area contributed by atoms with E-state index in [1.165, 1.54) is 23.1 Å². The van der Waals surface area contributed by atoms with Crippen LogP contribution in [0.5, 0.6) is 0 Å². The Kier molecular flexibility index (Phi) is 7.74. The average Bonchev–Trinajstić information content (AvgIpc) is 3.22. The van der Waals surface area contributed by atoms with Crippen molar-refractivity contribution in [2.45, 2.75) is 90.1 Å². The maximum Gasteiger partial charge on any atom is 0.201 e. The van der Waals surface area contributed by atoms with Gasteiger partial charge < -0.3 is 14.2 Å². The number of benzene rings is 2. The van der Waals surface area contributed by atoms with Crippen molar-refractivity contribution >= 4 is 0 Å². The number of nitrogens with zero attached hydrogens (tertiary/aromatic N) is 2. The second kappa shape index (κ2) is 11.3. The Balaban J connectivity index is 0.934. The molecule has 1 saturated carbocycles. The van der Waals surface area contributed by atoms with Crippen LogP contribution in [0.1, 0.15) is 63.1 Å². The summed E-state index contributed by atoms with van der Waals surface area (Å²) in [5.74, 6) is 0.651. The standard InChI is InChI=1S/C34H46N2O5/c1-24-9-14-30-25(2)31(38-32-34(30)29(24)15-16-33(3,39-32)40-41-34)37-23-28-12-10-27(11-13-28)22-36-19-17-35(18-20-36)21-26-7-5-4-6-8-26/h4-8,10-13,24-25,29-32H,9,14-23H2,1-3H3/t24-,25-,29+,30+,31+,32-,33+,34-/m1/s1. The minimum atomic E-state index is -0.757. The lowest BCUT2D eigenvalue weighted by Crippen LogP contribution is -2.70. The van der Waals surface area contributed by atoms with Gasteiger partial charge in [0, 0.05) is 57.5 Å². The van der Waals surface area contributed by atoms with Crippen molar-refractivity contribution in [1.29, 1.82) is 0 Å². The zero-order chi connectivity index (χ0) is 28.0. The van der Waals surface area contributed by atoms with E-state index in [-0.39, 0.29) is 18.1 Å². The summed E-state index contributed by atoms with van der Waals surface area (Å²) in [6.07, 6.45) is 3.36. The molecule has 0 radical (unpaired) electrons. The quantitative estimate of drug-likeness (QED) is 0.400. The largest absolute Gasteiger partial charge is 0.348 e. The maximum atomic E-state index is 6.59. The number of ether oxygens (including phenoxy) is 3. The van der Waals surface area contributed by atoms with Crippen molar-refractivity contribution in [2.24, 2.45) is 23.7 Å². The van der Waals surface area contributed by atoms with E-state index in [9.17, 15) is 0 Å². The smallest absolute Gasteiger partial charge is 0.201 e. The summed E-state index contributed by atoms with van der Waals surface area (Å²) in [5.41, 5.74) is 3.38. The van der Waals surface area contributed by atoms with Crippen LogP contribution in [0.2, 0.25) is 0 Å². The molecular formula is C34H46N2O5. The van der Waals surface area contributed by atoms with Gasteiger partial charge in [-0.2, -0.15) is 0 Å². The van der Waals surface area contributed by atoms with E-state index < -0.39 is 17.7 Å². The molecule has 6 aliphatic rings.